The number of methoxy groups -OCH3 is 2. The zero-order valence-corrected chi connectivity index (χ0v) is 25.0. The number of carbonyl (C=O) groups excluding carboxylic acids is 2. The first kappa shape index (κ1) is 30.8. The highest BCUT2D eigenvalue weighted by atomic mass is 35.5. The molecule has 1 aliphatic rings. The van der Waals surface area contributed by atoms with Gasteiger partial charge in [-0.3, -0.25) is 14.2 Å². The van der Waals surface area contributed by atoms with Gasteiger partial charge < -0.3 is 29.4 Å². The second-order valence-corrected chi connectivity index (χ2v) is 10.4. The molecule has 2 N–H and O–H groups in total. The molecule has 0 saturated carbocycles. The number of hydrogen-bond acceptors (Lipinski definition) is 10. The normalized spacial score (nSPS) is 14.7. The maximum atomic E-state index is 14.1. The minimum atomic E-state index is -0.944. The molecule has 222 valence electrons. The van der Waals surface area contributed by atoms with Crippen LogP contribution in [0, 0.1) is 0 Å². The average molecular weight is 616 g/mol. The van der Waals surface area contributed by atoms with Crippen molar-refractivity contribution in [1.82, 2.24) is 4.57 Å². The number of halogens is 1. The van der Waals surface area contributed by atoms with Crippen molar-refractivity contribution in [3.8, 4) is 17.2 Å². The summed E-state index contributed by atoms with van der Waals surface area (Å²) in [6, 6.07) is 9.09. The van der Waals surface area contributed by atoms with Gasteiger partial charge in [-0.2, -0.15) is 0 Å². The van der Waals surface area contributed by atoms with Gasteiger partial charge in [0.15, 0.2) is 22.9 Å². The first-order chi connectivity index (χ1) is 20.2. The van der Waals surface area contributed by atoms with Crippen LogP contribution in [0.5, 0.6) is 17.2 Å². The Labute approximate surface area is 250 Å². The highest BCUT2D eigenvalue weighted by Gasteiger charge is 2.36. The average Bonchev–Trinajstić information content (AvgIpc) is 3.26. The molecule has 4 rings (SSSR count). The van der Waals surface area contributed by atoms with Crippen LogP contribution in [0.1, 0.15) is 31.0 Å². The highest BCUT2D eigenvalue weighted by molar-refractivity contribution is 7.07. The van der Waals surface area contributed by atoms with Gasteiger partial charge in [0.25, 0.3) is 11.5 Å². The van der Waals surface area contributed by atoms with Gasteiger partial charge in [0, 0.05) is 23.3 Å². The second-order valence-electron chi connectivity index (χ2n) is 8.96. The van der Waals surface area contributed by atoms with Gasteiger partial charge in [0.05, 0.1) is 36.1 Å². The number of esters is 1. The Bertz CT molecular complexity index is 1710. The van der Waals surface area contributed by atoms with E-state index in [9.17, 15) is 14.4 Å². The van der Waals surface area contributed by atoms with Crippen LogP contribution >= 0.6 is 22.9 Å². The first-order valence-corrected chi connectivity index (χ1v) is 14.1. The summed E-state index contributed by atoms with van der Waals surface area (Å²) in [5.41, 5.74) is 6.35. The molecule has 3 aromatic rings. The lowest BCUT2D eigenvalue weighted by Crippen LogP contribution is -2.40. The molecule has 0 saturated heterocycles. The molecule has 0 bridgehead atoms. The van der Waals surface area contributed by atoms with E-state index in [2.05, 4.69) is 4.99 Å². The number of amides is 1. The number of carbonyl (C=O) groups is 2. The first-order valence-electron chi connectivity index (χ1n) is 12.9. The number of benzene rings is 2. The Morgan fingerprint density at radius 3 is 2.62 bits per heavy atom. The van der Waals surface area contributed by atoms with Crippen LogP contribution in [-0.2, 0) is 19.1 Å². The molecule has 0 radical (unpaired) electrons. The summed E-state index contributed by atoms with van der Waals surface area (Å²) < 4.78 is 29.3. The number of ether oxygens (including phenoxy) is 5. The summed E-state index contributed by atoms with van der Waals surface area (Å²) >= 11 is 7.35. The lowest BCUT2D eigenvalue weighted by molar-refractivity contribution is -0.140. The van der Waals surface area contributed by atoms with Gasteiger partial charge in [-0.1, -0.05) is 35.1 Å². The van der Waals surface area contributed by atoms with Crippen molar-refractivity contribution in [2.24, 2.45) is 10.7 Å². The van der Waals surface area contributed by atoms with Crippen LogP contribution in [0.4, 0.5) is 0 Å². The predicted molar refractivity (Wildman–Crippen MR) is 157 cm³/mol. The van der Waals surface area contributed by atoms with Crippen LogP contribution in [0.15, 0.2) is 57.5 Å². The smallest absolute Gasteiger partial charge is 0.338 e. The molecule has 13 heteroatoms. The maximum Gasteiger partial charge on any atom is 0.338 e. The largest absolute Gasteiger partial charge is 0.493 e. The summed E-state index contributed by atoms with van der Waals surface area (Å²) in [5.74, 6) is -0.163. The van der Waals surface area contributed by atoms with Crippen LogP contribution < -0.4 is 34.8 Å². The summed E-state index contributed by atoms with van der Waals surface area (Å²) in [6.07, 6.45) is 1.59. The summed E-state index contributed by atoms with van der Waals surface area (Å²) in [4.78, 5) is 43.8. The van der Waals surface area contributed by atoms with E-state index in [0.29, 0.717) is 50.5 Å². The van der Waals surface area contributed by atoms with Crippen molar-refractivity contribution < 1.29 is 33.3 Å². The fourth-order valence-electron chi connectivity index (χ4n) is 4.43. The number of fused-ring (bicyclic) bond motifs is 1. The number of primary amides is 1. The predicted octanol–water partition coefficient (Wildman–Crippen LogP) is 2.35. The highest BCUT2D eigenvalue weighted by Crippen LogP contribution is 2.40. The zero-order chi connectivity index (χ0) is 30.4. The van der Waals surface area contributed by atoms with Gasteiger partial charge in [0.1, 0.15) is 18.4 Å². The summed E-state index contributed by atoms with van der Waals surface area (Å²) in [6.45, 7) is 3.69. The van der Waals surface area contributed by atoms with Crippen LogP contribution in [-0.4, -0.2) is 57.1 Å². The monoisotopic (exact) mass is 615 g/mol. The number of nitrogens with two attached hydrogens (primary N) is 1. The quantitative estimate of drug-likeness (QED) is 0.242. The van der Waals surface area contributed by atoms with Crippen molar-refractivity contribution in [1.29, 1.82) is 0 Å². The fourth-order valence-corrected chi connectivity index (χ4v) is 5.65. The Hall–Kier alpha value is -4.13. The van der Waals surface area contributed by atoms with Gasteiger partial charge in [-0.15, -0.1) is 0 Å². The molecule has 1 aliphatic heterocycles. The molecule has 0 fully saturated rings. The van der Waals surface area contributed by atoms with Crippen molar-refractivity contribution in [3.63, 3.8) is 0 Å². The summed E-state index contributed by atoms with van der Waals surface area (Å²) in [5, 5.41) is 0.396. The van der Waals surface area contributed by atoms with Crippen LogP contribution in [0.25, 0.3) is 6.08 Å². The molecule has 1 atom stereocenters. The van der Waals surface area contributed by atoms with E-state index in [1.807, 2.05) is 6.92 Å². The summed E-state index contributed by atoms with van der Waals surface area (Å²) in [7, 11) is 3.01. The lowest BCUT2D eigenvalue weighted by atomic mass is 9.94. The second kappa shape index (κ2) is 13.7. The lowest BCUT2D eigenvalue weighted by Gasteiger charge is -2.27. The van der Waals surface area contributed by atoms with Crippen molar-refractivity contribution in [2.45, 2.75) is 19.9 Å². The van der Waals surface area contributed by atoms with Crippen LogP contribution in [0.2, 0.25) is 5.02 Å². The number of thiazole rings is 1. The minimum Gasteiger partial charge on any atom is -0.493 e. The van der Waals surface area contributed by atoms with E-state index in [1.165, 1.54) is 18.8 Å². The molecule has 1 amide bonds. The van der Waals surface area contributed by atoms with Gasteiger partial charge in [0.2, 0.25) is 0 Å². The van der Waals surface area contributed by atoms with Crippen LogP contribution in [0.3, 0.4) is 0 Å². The number of para-hydroxylation sites is 1. The number of hydrogen-bond donors (Lipinski definition) is 1. The number of allylic oxidation sites excluding steroid dienone is 1. The molecule has 2 heterocycles. The number of rotatable bonds is 12. The van der Waals surface area contributed by atoms with Crippen molar-refractivity contribution >= 4 is 40.9 Å². The van der Waals surface area contributed by atoms with E-state index in [0.717, 1.165) is 11.3 Å². The Morgan fingerprint density at radius 1 is 1.14 bits per heavy atom. The van der Waals surface area contributed by atoms with Gasteiger partial charge >= 0.3 is 5.97 Å². The zero-order valence-electron chi connectivity index (χ0n) is 23.5. The number of nitrogens with zero attached hydrogens (tertiary/aromatic N) is 2. The molecule has 0 spiro atoms. The van der Waals surface area contributed by atoms with Crippen molar-refractivity contribution in [2.75, 3.05) is 40.6 Å². The molecule has 11 nitrogen and oxygen atoms in total. The Balaban J connectivity index is 1.96. The van der Waals surface area contributed by atoms with Gasteiger partial charge in [-0.05, 0) is 44.2 Å². The maximum absolute atomic E-state index is 14.1. The Kier molecular flexibility index (Phi) is 10.0. The molecular formula is C29H30ClN3O8S. The molecule has 42 heavy (non-hydrogen) atoms. The SMILES string of the molecule is CCOc1c(OC)cccc1[C@H]1C(C(=O)OCCOC)=C(C)N=c2s/c(=C/c3cc(Cl)ccc3OCC(N)=O)c(=O)n21. The van der Waals surface area contributed by atoms with E-state index >= 15 is 0 Å². The van der Waals surface area contributed by atoms with E-state index < -0.39 is 23.5 Å². The third-order valence-corrected chi connectivity index (χ3v) is 7.42. The van der Waals surface area contributed by atoms with Gasteiger partial charge in [-0.25, -0.2) is 9.79 Å². The molecule has 0 aliphatic carbocycles. The molecule has 2 aromatic carbocycles. The minimum absolute atomic E-state index is 0.0164. The molecule has 0 unspecified atom stereocenters. The van der Waals surface area contributed by atoms with Crippen molar-refractivity contribution in [3.05, 3.63) is 83.5 Å². The molecule has 1 aromatic heterocycles. The topological polar surface area (TPSA) is 141 Å². The fraction of sp³-hybridized carbons (Fsp3) is 0.310. The number of aromatic nitrogens is 1. The molecular weight excluding hydrogens is 586 g/mol. The van der Waals surface area contributed by atoms with E-state index in [1.54, 1.807) is 49.4 Å². The third kappa shape index (κ3) is 6.51. The Morgan fingerprint density at radius 2 is 1.93 bits per heavy atom. The standard InChI is InChI=1S/C29H30ClN3O8S/c1-5-39-26-19(7-6-8-21(26)38-4)25-24(28(36)40-12-11-37-3)16(2)32-29-33(25)27(35)22(42-29)14-17-13-18(30)9-10-20(17)41-15-23(31)34/h6-10,13-14,25H,5,11-12,15H2,1-4H3,(H2,31,34)/b22-14+/t25-/m0/s1. The van der Waals surface area contributed by atoms with E-state index in [4.69, 9.17) is 41.0 Å². The van der Waals surface area contributed by atoms with E-state index in [-0.39, 0.29) is 29.9 Å². The third-order valence-electron chi connectivity index (χ3n) is 6.20.